The van der Waals surface area contributed by atoms with Crippen molar-refractivity contribution in [3.05, 3.63) is 131 Å². The van der Waals surface area contributed by atoms with Crippen molar-refractivity contribution in [2.45, 2.75) is 42.9 Å². The Morgan fingerprint density at radius 2 is 1.56 bits per heavy atom. The Hall–Kier alpha value is -7.30. The Labute approximate surface area is 368 Å². The third-order valence-electron chi connectivity index (χ3n) is 10.3. The van der Waals surface area contributed by atoms with E-state index < -0.39 is 58.1 Å². The molecule has 63 heavy (non-hydrogen) atoms. The number of carbonyl (C=O) groups excluding carboxylic acids is 3. The smallest absolute Gasteiger partial charge is 0.352 e. The number of benzene rings is 3. The molecule has 0 aliphatic carbocycles. The molecule has 3 aromatic carbocycles. The van der Waals surface area contributed by atoms with Crippen molar-refractivity contribution in [3.8, 4) is 0 Å². The van der Waals surface area contributed by atoms with Crippen molar-refractivity contribution in [2.75, 3.05) is 28.8 Å². The van der Waals surface area contributed by atoms with Crippen LogP contribution in [0.15, 0.2) is 114 Å². The number of β-lactam (4-membered cyclic amide) rings is 1. The summed E-state index contributed by atoms with van der Waals surface area (Å²) in [5, 5.41) is 34.8. The largest absolute Gasteiger partial charge is 0.478 e. The summed E-state index contributed by atoms with van der Waals surface area (Å²) in [7, 11) is 1.76. The predicted octanol–water partition coefficient (Wildman–Crippen LogP) is 2.21. The highest BCUT2D eigenvalue weighted by molar-refractivity contribution is 8.00. The fraction of sp³-hybridized carbons (Fsp3) is 0.244. The van der Waals surface area contributed by atoms with Crippen LogP contribution in [0, 0.1) is 0 Å². The number of oxime groups is 1. The third kappa shape index (κ3) is 8.63. The van der Waals surface area contributed by atoms with Gasteiger partial charge in [-0.1, -0.05) is 96.2 Å². The van der Waals surface area contributed by atoms with E-state index in [1.54, 1.807) is 22.6 Å². The zero-order valence-electron chi connectivity index (χ0n) is 34.0. The number of nitrogens with zero attached hydrogens (tertiary/aromatic N) is 6. The van der Waals surface area contributed by atoms with Crippen molar-refractivity contribution in [1.29, 1.82) is 0 Å². The highest BCUT2D eigenvalue weighted by Gasteiger charge is 2.55. The predicted molar refractivity (Wildman–Crippen MR) is 233 cm³/mol. The fourth-order valence-corrected chi connectivity index (χ4v) is 8.90. The molecule has 2 atom stereocenters. The van der Waals surface area contributed by atoms with Crippen LogP contribution in [0.5, 0.6) is 0 Å². The van der Waals surface area contributed by atoms with Crippen LogP contribution >= 0.6 is 23.3 Å². The molecule has 2 aliphatic rings. The number of hydrogen-bond donors (Lipinski definition) is 8. The summed E-state index contributed by atoms with van der Waals surface area (Å²) in [5.74, 6) is -4.11. The highest BCUT2D eigenvalue weighted by Crippen LogP contribution is 2.43. The molecule has 0 radical (unpaired) electrons. The van der Waals surface area contributed by atoms with Crippen LogP contribution < -0.4 is 37.4 Å². The van der Waals surface area contributed by atoms with Gasteiger partial charge in [0.25, 0.3) is 11.8 Å². The number of carboxylic acids is 2. The van der Waals surface area contributed by atoms with Gasteiger partial charge in [-0.05, 0) is 30.5 Å². The molecule has 0 saturated carbocycles. The number of aromatic nitrogens is 4. The monoisotopic (exact) mass is 895 g/mol. The van der Waals surface area contributed by atoms with Crippen molar-refractivity contribution < 1.29 is 43.7 Å². The van der Waals surface area contributed by atoms with Gasteiger partial charge in [0.2, 0.25) is 23.3 Å². The highest BCUT2D eigenvalue weighted by atomic mass is 32.2. The molecule has 22 heteroatoms. The van der Waals surface area contributed by atoms with Crippen molar-refractivity contribution in [3.63, 3.8) is 0 Å². The molecule has 1 saturated heterocycles. The molecule has 1 fully saturated rings. The summed E-state index contributed by atoms with van der Waals surface area (Å²) in [6.45, 7) is 2.26. The molecular formula is C41H43N12O8S2+. The first-order valence-corrected chi connectivity index (χ1v) is 21.1. The van der Waals surface area contributed by atoms with Crippen LogP contribution in [-0.2, 0) is 43.1 Å². The number of rotatable bonds is 16. The maximum absolute atomic E-state index is 13.8. The molecule has 20 nitrogen and oxygen atoms in total. The molecule has 326 valence electrons. The molecule has 0 bridgehead atoms. The first-order valence-electron chi connectivity index (χ1n) is 19.2. The number of hydrogen-bond acceptors (Lipinski definition) is 14. The molecule has 2 aliphatic heterocycles. The van der Waals surface area contributed by atoms with Gasteiger partial charge >= 0.3 is 18.0 Å². The van der Waals surface area contributed by atoms with E-state index in [2.05, 4.69) is 35.8 Å². The molecule has 0 spiro atoms. The lowest BCUT2D eigenvalue weighted by atomic mass is 9.77. The molecule has 4 heterocycles. The van der Waals surface area contributed by atoms with Crippen molar-refractivity contribution in [1.82, 2.24) is 29.6 Å². The maximum atomic E-state index is 13.8. The van der Waals surface area contributed by atoms with Crippen LogP contribution in [0.2, 0.25) is 0 Å². The maximum Gasteiger partial charge on any atom is 0.352 e. The zero-order chi connectivity index (χ0) is 45.1. The number of anilines is 3. The second-order valence-electron chi connectivity index (χ2n) is 14.7. The number of nitrogen functional groups attached to an aromatic ring is 1. The molecular weight excluding hydrogens is 853 g/mol. The quantitative estimate of drug-likeness (QED) is 0.0176. The SMILES string of the molecule is Cn1c(NC(c2ccccc2)(c2ccccc2)c2ccccc2)c(NC(=O)NCN)c[n+]1CC1=C(C(=O)O)N2C(=O)[C@@H](NC(=O)/C(=N\OC(C)(C)C(=O)O)c3nsc(N)n3)[C@H]2SC1. The number of urea groups is 1. The van der Waals surface area contributed by atoms with E-state index >= 15 is 0 Å². The Morgan fingerprint density at radius 1 is 0.968 bits per heavy atom. The van der Waals surface area contributed by atoms with Crippen LogP contribution in [0.1, 0.15) is 36.4 Å². The van der Waals surface area contributed by atoms with Gasteiger partial charge in [0, 0.05) is 22.9 Å². The van der Waals surface area contributed by atoms with Gasteiger partial charge in [-0.25, -0.2) is 14.4 Å². The second-order valence-corrected chi connectivity index (χ2v) is 16.6. The number of nitrogens with one attached hydrogen (secondary N) is 4. The lowest BCUT2D eigenvalue weighted by Crippen LogP contribution is -2.71. The number of carbonyl (C=O) groups is 5. The van der Waals surface area contributed by atoms with Crippen LogP contribution in [-0.4, -0.2) is 94.1 Å². The van der Waals surface area contributed by atoms with E-state index in [0.717, 1.165) is 33.1 Å². The van der Waals surface area contributed by atoms with E-state index in [1.165, 1.54) is 25.6 Å². The number of fused-ring (bicyclic) bond motifs is 1. The van der Waals surface area contributed by atoms with Gasteiger partial charge in [-0.15, -0.1) is 21.1 Å². The van der Waals surface area contributed by atoms with Crippen LogP contribution in [0.25, 0.3) is 0 Å². The third-order valence-corrected chi connectivity index (χ3v) is 12.2. The van der Waals surface area contributed by atoms with E-state index in [4.69, 9.17) is 16.3 Å². The Bertz CT molecular complexity index is 2520. The molecule has 10 N–H and O–H groups in total. The average Bonchev–Trinajstić information content (AvgIpc) is 3.83. The average molecular weight is 896 g/mol. The van der Waals surface area contributed by atoms with Crippen LogP contribution in [0.3, 0.4) is 0 Å². The first-order chi connectivity index (χ1) is 30.2. The number of amides is 4. The van der Waals surface area contributed by atoms with Gasteiger partial charge in [-0.3, -0.25) is 19.8 Å². The second kappa shape index (κ2) is 18.0. The minimum atomic E-state index is -1.84. The summed E-state index contributed by atoms with van der Waals surface area (Å²) in [4.78, 5) is 75.4. The van der Waals surface area contributed by atoms with Crippen molar-refractivity contribution >= 4 is 75.4 Å². The molecule has 7 rings (SSSR count). The summed E-state index contributed by atoms with van der Waals surface area (Å²) in [6.07, 6.45) is 1.65. The Kier molecular flexibility index (Phi) is 12.5. The normalized spacial score (nSPS) is 16.4. The molecule has 5 aromatic rings. The van der Waals surface area contributed by atoms with Gasteiger partial charge in [0.05, 0.1) is 13.7 Å². The van der Waals surface area contributed by atoms with E-state index in [1.807, 2.05) is 91.0 Å². The fourth-order valence-electron chi connectivity index (χ4n) is 7.13. The van der Waals surface area contributed by atoms with Gasteiger partial charge in [0.15, 0.2) is 23.2 Å². The summed E-state index contributed by atoms with van der Waals surface area (Å²) in [5.41, 5.74) is 11.1. The zero-order valence-corrected chi connectivity index (χ0v) is 35.6. The summed E-state index contributed by atoms with van der Waals surface area (Å²) in [6, 6.07) is 27.7. The van der Waals surface area contributed by atoms with E-state index in [0.29, 0.717) is 17.1 Å². The van der Waals surface area contributed by atoms with E-state index in [9.17, 15) is 34.2 Å². The molecule has 0 unspecified atom stereocenters. The number of carboxylic acid groups (broad SMARTS) is 2. The lowest BCUT2D eigenvalue weighted by molar-refractivity contribution is -0.765. The Morgan fingerprint density at radius 3 is 2.06 bits per heavy atom. The lowest BCUT2D eigenvalue weighted by Gasteiger charge is -2.49. The summed E-state index contributed by atoms with van der Waals surface area (Å²) >= 11 is 1.98. The topological polar surface area (TPSA) is 285 Å². The number of nitrogens with two attached hydrogens (primary N) is 2. The van der Waals surface area contributed by atoms with Gasteiger partial charge in [0.1, 0.15) is 22.7 Å². The van der Waals surface area contributed by atoms with Gasteiger partial charge in [-0.2, -0.15) is 9.36 Å². The minimum Gasteiger partial charge on any atom is -0.478 e. The Balaban J connectivity index is 1.23. The van der Waals surface area contributed by atoms with E-state index in [-0.39, 0.29) is 35.6 Å². The molecule has 4 amide bonds. The first kappa shape index (κ1) is 43.8. The van der Waals surface area contributed by atoms with Crippen molar-refractivity contribution in [2.24, 2.45) is 17.9 Å². The summed E-state index contributed by atoms with van der Waals surface area (Å²) < 4.78 is 7.45. The standard InChI is InChI=1S/C41H42N12O8S2/c1-40(2,37(58)59)61-49-28(31-47-38(43)63-50-31)33(54)46-29-34(55)53-30(36(56)57)23(21-62-35(29)53)19-52-20-27(45-39(60)44-22-42)32(51(52)3)48-41(24-13-7-4-8-14-24,25-15-9-5-10-16-25)26-17-11-6-12-18-26/h4-18,20,29,35H,19,21-22,42H2,1-3H3,(H7,43,44,45,46,47,50,54,56,57,58,59,60)/p+1/b49-28-/t29-,35-/m1/s1. The molecule has 2 aromatic heterocycles. The minimum absolute atomic E-state index is 0.0101. The number of aliphatic carboxylic acids is 2. The number of thioether (sulfide) groups is 1. The van der Waals surface area contributed by atoms with Gasteiger partial charge < -0.3 is 42.5 Å². The van der Waals surface area contributed by atoms with Crippen LogP contribution in [0.4, 0.5) is 21.4 Å².